The highest BCUT2D eigenvalue weighted by Crippen LogP contribution is 2.37. The monoisotopic (exact) mass is 178 g/mol. The van der Waals surface area contributed by atoms with Gasteiger partial charge in [-0.05, 0) is 23.7 Å². The highest BCUT2D eigenvalue weighted by Gasteiger charge is 2.27. The minimum atomic E-state index is 0.395. The molecule has 1 rings (SSSR count). The molecule has 1 aliphatic rings. The van der Waals surface area contributed by atoms with Gasteiger partial charge >= 0.3 is 0 Å². The van der Waals surface area contributed by atoms with E-state index in [4.69, 9.17) is 0 Å². The largest absolute Gasteiger partial charge is 0.0801 e. The van der Waals surface area contributed by atoms with Crippen LogP contribution in [0.25, 0.3) is 0 Å². The number of hydrogen-bond acceptors (Lipinski definition) is 0. The Morgan fingerprint density at radius 2 is 1.92 bits per heavy atom. The van der Waals surface area contributed by atoms with Gasteiger partial charge in [-0.1, -0.05) is 58.4 Å². The van der Waals surface area contributed by atoms with Crippen molar-refractivity contribution in [2.75, 3.05) is 0 Å². The van der Waals surface area contributed by atoms with Gasteiger partial charge in [-0.15, -0.1) is 0 Å². The maximum Gasteiger partial charge on any atom is -0.0121 e. The lowest BCUT2D eigenvalue weighted by Crippen LogP contribution is -2.25. The third kappa shape index (κ3) is 2.46. The van der Waals surface area contributed by atoms with Crippen molar-refractivity contribution in [3.8, 4) is 0 Å². The Bertz CT molecular complexity index is 225. The predicted molar refractivity (Wildman–Crippen MR) is 59.6 cm³/mol. The van der Waals surface area contributed by atoms with E-state index < -0.39 is 0 Å². The lowest BCUT2D eigenvalue weighted by Gasteiger charge is -2.34. The topological polar surface area (TPSA) is 0 Å². The Morgan fingerprint density at radius 1 is 1.31 bits per heavy atom. The predicted octanol–water partition coefficient (Wildman–Crippen LogP) is 4.19. The van der Waals surface area contributed by atoms with E-state index in [0.29, 0.717) is 17.3 Å². The SMILES string of the molecule is CCC1=CC(C)C(C(C)(C)C)C=C1. The average molecular weight is 178 g/mol. The molecule has 0 amide bonds. The van der Waals surface area contributed by atoms with Crippen LogP contribution in [0.1, 0.15) is 41.0 Å². The fraction of sp³-hybridized carbons (Fsp3) is 0.692. The average Bonchev–Trinajstić information content (AvgIpc) is 2.01. The van der Waals surface area contributed by atoms with E-state index in [0.717, 1.165) is 6.42 Å². The summed E-state index contributed by atoms with van der Waals surface area (Å²) in [6, 6.07) is 0. The van der Waals surface area contributed by atoms with E-state index in [1.165, 1.54) is 5.57 Å². The number of hydrogen-bond donors (Lipinski definition) is 0. The van der Waals surface area contributed by atoms with Crippen LogP contribution in [0.15, 0.2) is 23.8 Å². The highest BCUT2D eigenvalue weighted by molar-refractivity contribution is 5.25. The van der Waals surface area contributed by atoms with Crippen molar-refractivity contribution in [2.24, 2.45) is 17.3 Å². The van der Waals surface area contributed by atoms with Crippen molar-refractivity contribution in [1.29, 1.82) is 0 Å². The Hall–Kier alpha value is -0.520. The van der Waals surface area contributed by atoms with Crippen LogP contribution in [0.4, 0.5) is 0 Å². The van der Waals surface area contributed by atoms with Gasteiger partial charge in [0.05, 0.1) is 0 Å². The second-order valence-electron chi connectivity index (χ2n) is 5.21. The van der Waals surface area contributed by atoms with Crippen LogP contribution < -0.4 is 0 Å². The molecule has 2 unspecified atom stereocenters. The number of rotatable bonds is 1. The molecule has 0 heteroatoms. The molecule has 0 N–H and O–H groups in total. The van der Waals surface area contributed by atoms with Crippen molar-refractivity contribution < 1.29 is 0 Å². The van der Waals surface area contributed by atoms with Crippen molar-refractivity contribution in [2.45, 2.75) is 41.0 Å². The molecule has 1 aliphatic carbocycles. The Balaban J connectivity index is 2.78. The van der Waals surface area contributed by atoms with Crippen molar-refractivity contribution in [3.05, 3.63) is 23.8 Å². The first-order valence-electron chi connectivity index (χ1n) is 5.34. The molecule has 0 bridgehead atoms. The van der Waals surface area contributed by atoms with Gasteiger partial charge in [0.2, 0.25) is 0 Å². The summed E-state index contributed by atoms with van der Waals surface area (Å²) >= 11 is 0. The summed E-state index contributed by atoms with van der Waals surface area (Å²) in [5.41, 5.74) is 1.89. The molecule has 74 valence electrons. The number of allylic oxidation sites excluding steroid dienone is 4. The van der Waals surface area contributed by atoms with Crippen molar-refractivity contribution in [1.82, 2.24) is 0 Å². The van der Waals surface area contributed by atoms with Crippen LogP contribution in [0, 0.1) is 17.3 Å². The molecule has 0 saturated heterocycles. The van der Waals surface area contributed by atoms with Crippen LogP contribution in [0.5, 0.6) is 0 Å². The van der Waals surface area contributed by atoms with E-state index in [-0.39, 0.29) is 0 Å². The minimum absolute atomic E-state index is 0.395. The van der Waals surface area contributed by atoms with Gasteiger partial charge in [-0.25, -0.2) is 0 Å². The molecule has 0 saturated carbocycles. The summed E-state index contributed by atoms with van der Waals surface area (Å²) in [4.78, 5) is 0. The first kappa shape index (κ1) is 10.6. The van der Waals surface area contributed by atoms with E-state index in [1.54, 1.807) is 0 Å². The molecule has 0 aromatic rings. The van der Waals surface area contributed by atoms with Crippen molar-refractivity contribution in [3.63, 3.8) is 0 Å². The van der Waals surface area contributed by atoms with Gasteiger partial charge in [0.1, 0.15) is 0 Å². The molecule has 2 atom stereocenters. The van der Waals surface area contributed by atoms with Gasteiger partial charge in [0.15, 0.2) is 0 Å². The van der Waals surface area contributed by atoms with Crippen LogP contribution >= 0.6 is 0 Å². The second-order valence-corrected chi connectivity index (χ2v) is 5.21. The van der Waals surface area contributed by atoms with Crippen molar-refractivity contribution >= 4 is 0 Å². The summed E-state index contributed by atoms with van der Waals surface area (Å²) in [6.07, 6.45) is 8.28. The zero-order valence-electron chi connectivity index (χ0n) is 9.59. The third-order valence-corrected chi connectivity index (χ3v) is 2.97. The second kappa shape index (κ2) is 3.69. The van der Waals surface area contributed by atoms with E-state index >= 15 is 0 Å². The standard InChI is InChI=1S/C13H22/c1-6-11-7-8-12(10(2)9-11)13(3,4)5/h7-10,12H,6H2,1-5H3. The molecule has 13 heavy (non-hydrogen) atoms. The quantitative estimate of drug-likeness (QED) is 0.564. The van der Waals surface area contributed by atoms with Gasteiger partial charge < -0.3 is 0 Å². The normalized spacial score (nSPS) is 28.8. The van der Waals surface area contributed by atoms with E-state index in [9.17, 15) is 0 Å². The zero-order valence-corrected chi connectivity index (χ0v) is 9.59. The van der Waals surface area contributed by atoms with Crippen LogP contribution in [-0.2, 0) is 0 Å². The summed E-state index contributed by atoms with van der Waals surface area (Å²) in [7, 11) is 0. The molecular weight excluding hydrogens is 156 g/mol. The fourth-order valence-electron chi connectivity index (χ4n) is 2.21. The van der Waals surface area contributed by atoms with Gasteiger partial charge in [-0.3, -0.25) is 0 Å². The minimum Gasteiger partial charge on any atom is -0.0801 e. The summed E-state index contributed by atoms with van der Waals surface area (Å²) in [6.45, 7) is 11.5. The Kier molecular flexibility index (Phi) is 3.00. The fourth-order valence-corrected chi connectivity index (χ4v) is 2.21. The molecule has 0 spiro atoms. The molecule has 0 nitrogen and oxygen atoms in total. The first-order chi connectivity index (χ1) is 5.95. The Morgan fingerprint density at radius 3 is 2.31 bits per heavy atom. The molecule has 0 aliphatic heterocycles. The maximum absolute atomic E-state index is 2.43. The van der Waals surface area contributed by atoms with Crippen LogP contribution in [0.3, 0.4) is 0 Å². The highest BCUT2D eigenvalue weighted by atomic mass is 14.3. The molecule has 0 aromatic heterocycles. The third-order valence-electron chi connectivity index (χ3n) is 2.97. The molecule has 0 aromatic carbocycles. The molecule has 0 radical (unpaired) electrons. The van der Waals surface area contributed by atoms with E-state index in [2.05, 4.69) is 52.8 Å². The van der Waals surface area contributed by atoms with Gasteiger partial charge in [0, 0.05) is 0 Å². The lowest BCUT2D eigenvalue weighted by molar-refractivity contribution is 0.243. The maximum atomic E-state index is 2.43. The Labute approximate surface area is 82.7 Å². The van der Waals surface area contributed by atoms with Gasteiger partial charge in [0.25, 0.3) is 0 Å². The smallest absolute Gasteiger partial charge is 0.0121 e. The lowest BCUT2D eigenvalue weighted by atomic mass is 9.71. The zero-order chi connectivity index (χ0) is 10.1. The first-order valence-corrected chi connectivity index (χ1v) is 5.34. The molecule has 0 heterocycles. The summed E-state index contributed by atoms with van der Waals surface area (Å²) < 4.78 is 0. The summed E-state index contributed by atoms with van der Waals surface area (Å²) in [5, 5.41) is 0. The molecule has 0 fully saturated rings. The van der Waals surface area contributed by atoms with Gasteiger partial charge in [-0.2, -0.15) is 0 Å². The van der Waals surface area contributed by atoms with E-state index in [1.807, 2.05) is 0 Å². The van der Waals surface area contributed by atoms with Crippen LogP contribution in [0.2, 0.25) is 0 Å². The summed E-state index contributed by atoms with van der Waals surface area (Å²) in [5.74, 6) is 1.39. The van der Waals surface area contributed by atoms with Crippen LogP contribution in [-0.4, -0.2) is 0 Å². The molecular formula is C13H22.